The molecule has 4 heteroatoms. The minimum Gasteiger partial charge on any atom is -0.327 e. The first-order valence-corrected chi connectivity index (χ1v) is 7.43. The van der Waals surface area contributed by atoms with Gasteiger partial charge in [-0.15, -0.1) is 12.4 Å². The number of halogens is 2. The molecule has 0 radical (unpaired) electrons. The quantitative estimate of drug-likeness (QED) is 0.929. The van der Waals surface area contributed by atoms with Gasteiger partial charge in [0.2, 0.25) is 0 Å². The van der Waals surface area contributed by atoms with Gasteiger partial charge in [-0.1, -0.05) is 19.1 Å². The molecule has 1 aliphatic heterocycles. The van der Waals surface area contributed by atoms with Crippen LogP contribution in [0.25, 0.3) is 0 Å². The largest absolute Gasteiger partial charge is 0.327 e. The zero-order valence-electron chi connectivity index (χ0n) is 12.0. The zero-order valence-corrected chi connectivity index (χ0v) is 12.8. The number of likely N-dealkylation sites (tertiary alicyclic amines) is 1. The van der Waals surface area contributed by atoms with Crippen molar-refractivity contribution in [3.05, 3.63) is 35.1 Å². The molecule has 0 bridgehead atoms. The molecule has 0 aromatic heterocycles. The summed E-state index contributed by atoms with van der Waals surface area (Å²) in [5.74, 6) is 1.32. The molecule has 1 heterocycles. The summed E-state index contributed by atoms with van der Waals surface area (Å²) in [5.41, 5.74) is 8.19. The second-order valence-corrected chi connectivity index (χ2v) is 6.09. The SMILES string of the molecule is CCc1cccc(F)c1CN1CC2CCC(N)C2C1.Cl. The normalized spacial score (nSPS) is 29.2. The van der Waals surface area contributed by atoms with E-state index < -0.39 is 0 Å². The molecular weight excluding hydrogens is 275 g/mol. The van der Waals surface area contributed by atoms with Crippen molar-refractivity contribution in [2.45, 2.75) is 38.8 Å². The van der Waals surface area contributed by atoms with Crippen molar-refractivity contribution in [3.63, 3.8) is 0 Å². The van der Waals surface area contributed by atoms with Crippen molar-refractivity contribution >= 4 is 12.4 Å². The molecule has 3 atom stereocenters. The Balaban J connectivity index is 0.00000147. The third kappa shape index (κ3) is 2.85. The van der Waals surface area contributed by atoms with E-state index in [0.29, 0.717) is 12.0 Å². The summed E-state index contributed by atoms with van der Waals surface area (Å²) < 4.78 is 14.0. The van der Waals surface area contributed by atoms with Crippen molar-refractivity contribution in [2.24, 2.45) is 17.6 Å². The van der Waals surface area contributed by atoms with Crippen LogP contribution in [0, 0.1) is 17.7 Å². The fourth-order valence-corrected chi connectivity index (χ4v) is 3.86. The Morgan fingerprint density at radius 1 is 1.30 bits per heavy atom. The van der Waals surface area contributed by atoms with Crippen LogP contribution in [0.4, 0.5) is 4.39 Å². The molecule has 112 valence electrons. The Kier molecular flexibility index (Phi) is 5.05. The first-order chi connectivity index (χ1) is 9.19. The van der Waals surface area contributed by atoms with Gasteiger partial charge in [-0.05, 0) is 42.7 Å². The number of hydrogen-bond donors (Lipinski definition) is 1. The van der Waals surface area contributed by atoms with Crippen LogP contribution in [-0.4, -0.2) is 24.0 Å². The van der Waals surface area contributed by atoms with Crippen molar-refractivity contribution in [2.75, 3.05) is 13.1 Å². The fraction of sp³-hybridized carbons (Fsp3) is 0.625. The molecule has 2 nitrogen and oxygen atoms in total. The van der Waals surface area contributed by atoms with Gasteiger partial charge in [0.25, 0.3) is 0 Å². The van der Waals surface area contributed by atoms with Gasteiger partial charge in [0.1, 0.15) is 5.82 Å². The second kappa shape index (κ2) is 6.42. The summed E-state index contributed by atoms with van der Waals surface area (Å²) in [6.07, 6.45) is 3.32. The van der Waals surface area contributed by atoms with E-state index in [1.807, 2.05) is 12.1 Å². The van der Waals surface area contributed by atoms with Crippen LogP contribution >= 0.6 is 12.4 Å². The molecule has 2 N–H and O–H groups in total. The maximum atomic E-state index is 14.0. The predicted molar refractivity (Wildman–Crippen MR) is 82.5 cm³/mol. The standard InChI is InChI=1S/C16H23FN2.ClH/c1-2-11-4-3-5-15(17)13(11)9-19-8-12-6-7-16(18)14(12)10-19;/h3-5,12,14,16H,2,6-10,18H2,1H3;1H. The maximum absolute atomic E-state index is 14.0. The Hall–Kier alpha value is -0.640. The highest BCUT2D eigenvalue weighted by Crippen LogP contribution is 2.37. The Morgan fingerprint density at radius 2 is 2.10 bits per heavy atom. The van der Waals surface area contributed by atoms with Crippen molar-refractivity contribution in [3.8, 4) is 0 Å². The minimum absolute atomic E-state index is 0. The van der Waals surface area contributed by atoms with Gasteiger partial charge in [0.05, 0.1) is 0 Å². The number of nitrogens with two attached hydrogens (primary N) is 1. The van der Waals surface area contributed by atoms with Gasteiger partial charge in [-0.3, -0.25) is 4.90 Å². The zero-order chi connectivity index (χ0) is 13.4. The lowest BCUT2D eigenvalue weighted by molar-refractivity contribution is 0.293. The summed E-state index contributed by atoms with van der Waals surface area (Å²) in [7, 11) is 0. The molecule has 0 amide bonds. The minimum atomic E-state index is -0.0549. The first-order valence-electron chi connectivity index (χ1n) is 7.43. The van der Waals surface area contributed by atoms with Crippen LogP contribution in [-0.2, 0) is 13.0 Å². The van der Waals surface area contributed by atoms with E-state index in [9.17, 15) is 4.39 Å². The molecule has 3 unspecified atom stereocenters. The molecular formula is C16H24ClFN2. The monoisotopic (exact) mass is 298 g/mol. The van der Waals surface area contributed by atoms with Crippen LogP contribution in [0.15, 0.2) is 18.2 Å². The van der Waals surface area contributed by atoms with Gasteiger partial charge in [0.15, 0.2) is 0 Å². The number of nitrogens with zero attached hydrogens (tertiary/aromatic N) is 1. The van der Waals surface area contributed by atoms with Crippen molar-refractivity contribution < 1.29 is 4.39 Å². The topological polar surface area (TPSA) is 29.3 Å². The molecule has 1 aliphatic carbocycles. The third-order valence-corrected chi connectivity index (χ3v) is 4.97. The van der Waals surface area contributed by atoms with E-state index in [0.717, 1.165) is 43.1 Å². The number of fused-ring (bicyclic) bond motifs is 1. The highest BCUT2D eigenvalue weighted by molar-refractivity contribution is 5.85. The van der Waals surface area contributed by atoms with E-state index >= 15 is 0 Å². The van der Waals surface area contributed by atoms with Crippen LogP contribution < -0.4 is 5.73 Å². The lowest BCUT2D eigenvalue weighted by atomic mass is 9.98. The summed E-state index contributed by atoms with van der Waals surface area (Å²) >= 11 is 0. The highest BCUT2D eigenvalue weighted by Gasteiger charge is 2.40. The molecule has 3 rings (SSSR count). The molecule has 1 aromatic carbocycles. The van der Waals surface area contributed by atoms with Crippen molar-refractivity contribution in [1.29, 1.82) is 0 Å². The summed E-state index contributed by atoms with van der Waals surface area (Å²) in [6, 6.07) is 5.80. The van der Waals surface area contributed by atoms with E-state index in [1.165, 1.54) is 12.8 Å². The van der Waals surface area contributed by atoms with Crippen LogP contribution in [0.2, 0.25) is 0 Å². The van der Waals surface area contributed by atoms with Gasteiger partial charge in [0, 0.05) is 31.2 Å². The van der Waals surface area contributed by atoms with Crippen LogP contribution in [0.3, 0.4) is 0 Å². The number of benzene rings is 1. The van der Waals surface area contributed by atoms with Crippen LogP contribution in [0.5, 0.6) is 0 Å². The average molecular weight is 299 g/mol. The molecule has 1 saturated heterocycles. The lowest BCUT2D eigenvalue weighted by Crippen LogP contribution is -2.30. The molecule has 20 heavy (non-hydrogen) atoms. The smallest absolute Gasteiger partial charge is 0.127 e. The Bertz CT molecular complexity index is 466. The average Bonchev–Trinajstić information content (AvgIpc) is 2.94. The molecule has 0 spiro atoms. The van der Waals surface area contributed by atoms with Gasteiger partial charge in [-0.2, -0.15) is 0 Å². The number of aryl methyl sites for hydroxylation is 1. The lowest BCUT2D eigenvalue weighted by Gasteiger charge is -2.20. The predicted octanol–water partition coefficient (Wildman–Crippen LogP) is 2.98. The number of hydrogen-bond acceptors (Lipinski definition) is 2. The first kappa shape index (κ1) is 15.7. The van der Waals surface area contributed by atoms with E-state index in [-0.39, 0.29) is 18.2 Å². The second-order valence-electron chi connectivity index (χ2n) is 6.09. The summed E-state index contributed by atoms with van der Waals surface area (Å²) in [6.45, 7) is 4.97. The van der Waals surface area contributed by atoms with Crippen molar-refractivity contribution in [1.82, 2.24) is 4.90 Å². The number of rotatable bonds is 3. The van der Waals surface area contributed by atoms with Crippen LogP contribution in [0.1, 0.15) is 30.9 Å². The Morgan fingerprint density at radius 3 is 2.80 bits per heavy atom. The molecule has 1 saturated carbocycles. The van der Waals surface area contributed by atoms with Gasteiger partial charge in [-0.25, -0.2) is 4.39 Å². The van der Waals surface area contributed by atoms with Gasteiger partial charge < -0.3 is 5.73 Å². The van der Waals surface area contributed by atoms with E-state index in [1.54, 1.807) is 6.07 Å². The summed E-state index contributed by atoms with van der Waals surface area (Å²) in [5, 5.41) is 0. The molecule has 1 aromatic rings. The molecule has 2 fully saturated rings. The Labute approximate surface area is 126 Å². The van der Waals surface area contributed by atoms with E-state index in [4.69, 9.17) is 5.73 Å². The third-order valence-electron chi connectivity index (χ3n) is 4.97. The fourth-order valence-electron chi connectivity index (χ4n) is 3.86. The molecule has 2 aliphatic rings. The maximum Gasteiger partial charge on any atom is 0.127 e. The van der Waals surface area contributed by atoms with E-state index in [2.05, 4.69) is 11.8 Å². The highest BCUT2D eigenvalue weighted by atomic mass is 35.5. The van der Waals surface area contributed by atoms with Gasteiger partial charge >= 0.3 is 0 Å². The summed E-state index contributed by atoms with van der Waals surface area (Å²) in [4.78, 5) is 2.39.